The number of fused-ring (bicyclic) bond motifs is 1. The Morgan fingerprint density at radius 3 is 2.56 bits per heavy atom. The minimum absolute atomic E-state index is 0.701. The molecule has 1 aromatic heterocycles. The van der Waals surface area contributed by atoms with Gasteiger partial charge in [0.25, 0.3) is 0 Å². The highest BCUT2D eigenvalue weighted by atomic mass is 14.6. The minimum Gasteiger partial charge on any atom is -0.264 e. The normalized spacial score (nSPS) is 13.2. The van der Waals surface area contributed by atoms with Crippen molar-refractivity contribution in [1.29, 1.82) is 0 Å². The van der Waals surface area contributed by atoms with Crippen LogP contribution in [0.5, 0.6) is 0 Å². The molecule has 16 heavy (non-hydrogen) atoms. The summed E-state index contributed by atoms with van der Waals surface area (Å²) in [6.45, 7) is 6.87. The third kappa shape index (κ3) is 2.24. The van der Waals surface area contributed by atoms with Gasteiger partial charge >= 0.3 is 0 Å². The first-order valence-electron chi connectivity index (χ1n) is 6.00. The summed E-state index contributed by atoms with van der Waals surface area (Å²) in [6.07, 6.45) is 5.08. The minimum atomic E-state index is 0.701. The molecular formula is C15H19N. The number of nitrogens with zero attached hydrogens (tertiary/aromatic N) is 1. The molecule has 1 heterocycles. The van der Waals surface area contributed by atoms with Gasteiger partial charge < -0.3 is 0 Å². The maximum absolute atomic E-state index is 4.33. The van der Waals surface area contributed by atoms with Gasteiger partial charge in [0.15, 0.2) is 0 Å². The third-order valence-electron chi connectivity index (χ3n) is 3.43. The van der Waals surface area contributed by atoms with Crippen molar-refractivity contribution >= 4 is 10.8 Å². The Morgan fingerprint density at radius 1 is 1.06 bits per heavy atom. The second kappa shape index (κ2) is 4.65. The molecule has 2 aromatic rings. The highest BCUT2D eigenvalue weighted by molar-refractivity contribution is 5.84. The van der Waals surface area contributed by atoms with Crippen LogP contribution in [-0.2, 0) is 6.42 Å². The maximum Gasteiger partial charge on any atom is 0.0346 e. The van der Waals surface area contributed by atoms with E-state index in [1.165, 1.54) is 16.3 Å². The Morgan fingerprint density at radius 2 is 1.81 bits per heavy atom. The fraction of sp³-hybridized carbons (Fsp3) is 0.400. The van der Waals surface area contributed by atoms with E-state index in [0.29, 0.717) is 5.92 Å². The summed E-state index contributed by atoms with van der Waals surface area (Å²) < 4.78 is 0. The van der Waals surface area contributed by atoms with Crippen molar-refractivity contribution in [2.75, 3.05) is 0 Å². The zero-order chi connectivity index (χ0) is 11.5. The zero-order valence-corrected chi connectivity index (χ0v) is 10.3. The molecule has 0 fully saturated rings. The summed E-state index contributed by atoms with van der Waals surface area (Å²) in [5, 5.41) is 2.60. The van der Waals surface area contributed by atoms with E-state index in [2.05, 4.69) is 50.0 Å². The first-order chi connectivity index (χ1) is 7.68. The van der Waals surface area contributed by atoms with Crippen molar-refractivity contribution in [1.82, 2.24) is 4.98 Å². The van der Waals surface area contributed by atoms with Gasteiger partial charge in [0.1, 0.15) is 0 Å². The van der Waals surface area contributed by atoms with E-state index in [4.69, 9.17) is 0 Å². The summed E-state index contributed by atoms with van der Waals surface area (Å²) >= 11 is 0. The molecule has 1 aromatic carbocycles. The molecule has 0 saturated carbocycles. The molecule has 0 spiro atoms. The van der Waals surface area contributed by atoms with Crippen LogP contribution < -0.4 is 0 Å². The molecule has 0 N–H and O–H groups in total. The highest BCUT2D eigenvalue weighted by Gasteiger charge is 2.10. The van der Waals surface area contributed by atoms with Gasteiger partial charge in [-0.3, -0.25) is 4.98 Å². The van der Waals surface area contributed by atoms with Gasteiger partial charge in [0, 0.05) is 17.8 Å². The van der Waals surface area contributed by atoms with Crippen LogP contribution in [0.1, 0.15) is 26.3 Å². The Balaban J connectivity index is 2.37. The molecule has 0 radical (unpaired) electrons. The summed E-state index contributed by atoms with van der Waals surface area (Å²) in [7, 11) is 0. The van der Waals surface area contributed by atoms with Crippen molar-refractivity contribution < 1.29 is 0 Å². The van der Waals surface area contributed by atoms with E-state index in [1.54, 1.807) is 0 Å². The molecule has 0 aliphatic heterocycles. The van der Waals surface area contributed by atoms with E-state index < -0.39 is 0 Å². The number of aromatic nitrogens is 1. The zero-order valence-electron chi connectivity index (χ0n) is 10.3. The largest absolute Gasteiger partial charge is 0.264 e. The van der Waals surface area contributed by atoms with E-state index in [0.717, 1.165) is 12.3 Å². The fourth-order valence-electron chi connectivity index (χ4n) is 1.92. The molecule has 1 heteroatoms. The first-order valence-corrected chi connectivity index (χ1v) is 6.00. The Hall–Kier alpha value is -1.37. The van der Waals surface area contributed by atoms with E-state index >= 15 is 0 Å². The van der Waals surface area contributed by atoms with Crippen molar-refractivity contribution in [3.05, 3.63) is 42.2 Å². The summed E-state index contributed by atoms with van der Waals surface area (Å²) in [4.78, 5) is 4.33. The van der Waals surface area contributed by atoms with E-state index in [1.807, 2.05) is 12.4 Å². The maximum atomic E-state index is 4.33. The lowest BCUT2D eigenvalue weighted by molar-refractivity contribution is 0.418. The average molecular weight is 213 g/mol. The lowest BCUT2D eigenvalue weighted by Gasteiger charge is -2.16. The number of benzene rings is 1. The van der Waals surface area contributed by atoms with Crippen molar-refractivity contribution in [3.8, 4) is 0 Å². The molecule has 1 unspecified atom stereocenters. The summed E-state index contributed by atoms with van der Waals surface area (Å²) in [5.41, 5.74) is 1.37. The fourth-order valence-corrected chi connectivity index (χ4v) is 1.92. The second-order valence-electron chi connectivity index (χ2n) is 4.95. The van der Waals surface area contributed by atoms with Crippen LogP contribution in [0.3, 0.4) is 0 Å². The Bertz CT molecular complexity index is 468. The van der Waals surface area contributed by atoms with Gasteiger partial charge in [0.2, 0.25) is 0 Å². The molecule has 2 rings (SSSR count). The van der Waals surface area contributed by atoms with Gasteiger partial charge in [-0.05, 0) is 29.2 Å². The lowest BCUT2D eigenvalue weighted by atomic mass is 9.90. The van der Waals surface area contributed by atoms with Crippen LogP contribution >= 0.6 is 0 Å². The SMILES string of the molecule is CC(C)C(C)Cc1cncc2ccccc12. The number of hydrogen-bond donors (Lipinski definition) is 0. The molecule has 1 atom stereocenters. The van der Waals surface area contributed by atoms with Crippen molar-refractivity contribution in [2.45, 2.75) is 27.2 Å². The molecular weight excluding hydrogens is 194 g/mol. The lowest BCUT2D eigenvalue weighted by Crippen LogP contribution is -2.07. The highest BCUT2D eigenvalue weighted by Crippen LogP contribution is 2.22. The van der Waals surface area contributed by atoms with Crippen LogP contribution in [0, 0.1) is 11.8 Å². The quantitative estimate of drug-likeness (QED) is 0.749. The van der Waals surface area contributed by atoms with Gasteiger partial charge in [-0.2, -0.15) is 0 Å². The monoisotopic (exact) mass is 213 g/mol. The molecule has 0 aliphatic rings. The van der Waals surface area contributed by atoms with Crippen molar-refractivity contribution in [2.24, 2.45) is 11.8 Å². The van der Waals surface area contributed by atoms with Gasteiger partial charge in [-0.25, -0.2) is 0 Å². The van der Waals surface area contributed by atoms with Crippen LogP contribution in [0.25, 0.3) is 10.8 Å². The number of rotatable bonds is 3. The van der Waals surface area contributed by atoms with Gasteiger partial charge in [-0.1, -0.05) is 45.0 Å². The molecule has 0 saturated heterocycles. The van der Waals surface area contributed by atoms with Crippen LogP contribution in [-0.4, -0.2) is 4.98 Å². The average Bonchev–Trinajstić information content (AvgIpc) is 2.29. The predicted octanol–water partition coefficient (Wildman–Crippen LogP) is 4.07. The predicted molar refractivity (Wildman–Crippen MR) is 69.4 cm³/mol. The van der Waals surface area contributed by atoms with Gasteiger partial charge in [0.05, 0.1) is 0 Å². The second-order valence-corrected chi connectivity index (χ2v) is 4.95. The number of hydrogen-bond acceptors (Lipinski definition) is 1. The van der Waals surface area contributed by atoms with E-state index in [-0.39, 0.29) is 0 Å². The topological polar surface area (TPSA) is 12.9 Å². The molecule has 0 aliphatic carbocycles. The molecule has 0 bridgehead atoms. The molecule has 84 valence electrons. The van der Waals surface area contributed by atoms with Crippen LogP contribution in [0.4, 0.5) is 0 Å². The van der Waals surface area contributed by atoms with Crippen molar-refractivity contribution in [3.63, 3.8) is 0 Å². The van der Waals surface area contributed by atoms with Crippen LogP contribution in [0.2, 0.25) is 0 Å². The summed E-state index contributed by atoms with van der Waals surface area (Å²) in [5.74, 6) is 1.42. The number of pyridine rings is 1. The standard InChI is InChI=1S/C15H19N/c1-11(2)12(3)8-14-10-16-9-13-6-4-5-7-15(13)14/h4-7,9-12H,8H2,1-3H3. The third-order valence-corrected chi connectivity index (χ3v) is 3.43. The van der Waals surface area contributed by atoms with Gasteiger partial charge in [-0.15, -0.1) is 0 Å². The van der Waals surface area contributed by atoms with E-state index in [9.17, 15) is 0 Å². The molecule has 1 nitrogen and oxygen atoms in total. The smallest absolute Gasteiger partial charge is 0.0346 e. The first kappa shape index (κ1) is 11.1. The van der Waals surface area contributed by atoms with Crippen LogP contribution in [0.15, 0.2) is 36.7 Å². The summed E-state index contributed by atoms with van der Waals surface area (Å²) in [6, 6.07) is 8.50. The molecule has 0 amide bonds. The Kier molecular flexibility index (Phi) is 3.23. The Labute approximate surface area is 97.5 Å².